The van der Waals surface area contributed by atoms with E-state index in [1.165, 1.54) is 29.8 Å². The van der Waals surface area contributed by atoms with Gasteiger partial charge in [-0.15, -0.1) is 0 Å². The molecule has 0 saturated heterocycles. The molecule has 3 rings (SSSR count). The minimum absolute atomic E-state index is 0.643. The van der Waals surface area contributed by atoms with Crippen LogP contribution in [0.3, 0.4) is 0 Å². The van der Waals surface area contributed by atoms with Crippen molar-refractivity contribution in [2.75, 3.05) is 13.6 Å². The molecule has 2 aliphatic rings. The monoisotopic (exact) mass is 245 g/mol. The summed E-state index contributed by atoms with van der Waals surface area (Å²) in [7, 11) is 2.04. The lowest BCUT2D eigenvalue weighted by Gasteiger charge is -2.25. The smallest absolute Gasteiger partial charge is 0.132 e. The van der Waals surface area contributed by atoms with Crippen molar-refractivity contribution in [1.29, 1.82) is 0 Å². The van der Waals surface area contributed by atoms with Crippen LogP contribution in [0.5, 0.6) is 0 Å². The van der Waals surface area contributed by atoms with Crippen LogP contribution in [0, 0.1) is 18.8 Å². The molecule has 1 fully saturated rings. The third-order valence-electron chi connectivity index (χ3n) is 4.53. The molecule has 0 aliphatic heterocycles. The molecule has 1 aromatic rings. The van der Waals surface area contributed by atoms with E-state index in [2.05, 4.69) is 19.2 Å². The van der Waals surface area contributed by atoms with Crippen molar-refractivity contribution in [3.63, 3.8) is 0 Å². The third-order valence-corrected chi connectivity index (χ3v) is 4.53. The standard InChI is InChI=1S/C15H23N3/c1-9-6-12(9)15-17-10(2)13-7-11(8-16-3)4-5-14(13)18-15/h9,11-12,16H,4-8H2,1-3H3. The zero-order chi connectivity index (χ0) is 12.7. The SMILES string of the molecule is CNCC1CCc2nc(C3CC3C)nc(C)c2C1. The van der Waals surface area contributed by atoms with Crippen molar-refractivity contribution in [3.05, 3.63) is 22.8 Å². The highest BCUT2D eigenvalue weighted by Crippen LogP contribution is 2.45. The quantitative estimate of drug-likeness (QED) is 0.887. The van der Waals surface area contributed by atoms with Crippen LogP contribution in [0.1, 0.15) is 48.5 Å². The summed E-state index contributed by atoms with van der Waals surface area (Å²) in [6.07, 6.45) is 4.84. The number of rotatable bonds is 3. The van der Waals surface area contributed by atoms with E-state index in [4.69, 9.17) is 9.97 Å². The lowest BCUT2D eigenvalue weighted by Crippen LogP contribution is -2.26. The van der Waals surface area contributed by atoms with E-state index in [0.29, 0.717) is 5.92 Å². The second-order valence-corrected chi connectivity index (χ2v) is 6.08. The fourth-order valence-corrected chi connectivity index (χ4v) is 3.19. The van der Waals surface area contributed by atoms with Crippen molar-refractivity contribution in [1.82, 2.24) is 15.3 Å². The molecule has 0 amide bonds. The summed E-state index contributed by atoms with van der Waals surface area (Å²) in [6.45, 7) is 5.57. The molecule has 0 spiro atoms. The minimum Gasteiger partial charge on any atom is -0.319 e. The van der Waals surface area contributed by atoms with Crippen LogP contribution in [0.15, 0.2) is 0 Å². The Morgan fingerprint density at radius 2 is 2.11 bits per heavy atom. The average molecular weight is 245 g/mol. The van der Waals surface area contributed by atoms with Gasteiger partial charge in [0.2, 0.25) is 0 Å². The van der Waals surface area contributed by atoms with Crippen molar-refractivity contribution >= 4 is 0 Å². The molecule has 3 nitrogen and oxygen atoms in total. The van der Waals surface area contributed by atoms with Crippen LogP contribution in [0.2, 0.25) is 0 Å². The molecular weight excluding hydrogens is 222 g/mol. The summed E-state index contributed by atoms with van der Waals surface area (Å²) >= 11 is 0. The van der Waals surface area contributed by atoms with Gasteiger partial charge >= 0.3 is 0 Å². The van der Waals surface area contributed by atoms with Crippen LogP contribution in [-0.4, -0.2) is 23.6 Å². The van der Waals surface area contributed by atoms with Crippen molar-refractivity contribution in [2.45, 2.75) is 45.4 Å². The van der Waals surface area contributed by atoms with Gasteiger partial charge in [0.15, 0.2) is 0 Å². The summed E-state index contributed by atoms with van der Waals surface area (Å²) < 4.78 is 0. The zero-order valence-electron chi connectivity index (χ0n) is 11.7. The fourth-order valence-electron chi connectivity index (χ4n) is 3.19. The number of hydrogen-bond acceptors (Lipinski definition) is 3. The predicted molar refractivity (Wildman–Crippen MR) is 72.7 cm³/mol. The number of nitrogens with one attached hydrogen (secondary N) is 1. The Balaban J connectivity index is 1.85. The fraction of sp³-hybridized carbons (Fsp3) is 0.733. The van der Waals surface area contributed by atoms with Crippen LogP contribution < -0.4 is 5.32 Å². The molecule has 1 saturated carbocycles. The predicted octanol–water partition coefficient (Wildman–Crippen LogP) is 2.23. The van der Waals surface area contributed by atoms with Crippen LogP contribution in [-0.2, 0) is 12.8 Å². The molecule has 0 aromatic carbocycles. The summed E-state index contributed by atoms with van der Waals surface area (Å²) in [5.74, 6) is 3.31. The Morgan fingerprint density at radius 3 is 2.78 bits per heavy atom. The van der Waals surface area contributed by atoms with Gasteiger partial charge in [-0.2, -0.15) is 0 Å². The zero-order valence-corrected chi connectivity index (χ0v) is 11.7. The van der Waals surface area contributed by atoms with Crippen molar-refractivity contribution in [3.8, 4) is 0 Å². The number of hydrogen-bond donors (Lipinski definition) is 1. The molecule has 2 aliphatic carbocycles. The molecule has 3 heteroatoms. The van der Waals surface area contributed by atoms with E-state index in [9.17, 15) is 0 Å². The first-order valence-electron chi connectivity index (χ1n) is 7.20. The molecule has 98 valence electrons. The normalized spacial score (nSPS) is 30.1. The molecule has 18 heavy (non-hydrogen) atoms. The molecule has 3 atom stereocenters. The molecule has 1 aromatic heterocycles. The van der Waals surface area contributed by atoms with Crippen LogP contribution in [0.4, 0.5) is 0 Å². The molecule has 1 N–H and O–H groups in total. The Hall–Kier alpha value is -0.960. The Bertz CT molecular complexity index is 455. The summed E-state index contributed by atoms with van der Waals surface area (Å²) in [5.41, 5.74) is 4.00. The Morgan fingerprint density at radius 1 is 1.33 bits per heavy atom. The maximum atomic E-state index is 4.85. The first-order valence-corrected chi connectivity index (χ1v) is 7.20. The van der Waals surface area contributed by atoms with E-state index in [1.54, 1.807) is 0 Å². The van der Waals surface area contributed by atoms with E-state index in [-0.39, 0.29) is 0 Å². The lowest BCUT2D eigenvalue weighted by atomic mass is 9.85. The Labute approximate surface area is 109 Å². The molecular formula is C15H23N3. The van der Waals surface area contributed by atoms with E-state index in [0.717, 1.165) is 37.0 Å². The van der Waals surface area contributed by atoms with E-state index < -0.39 is 0 Å². The Kier molecular flexibility index (Phi) is 3.10. The van der Waals surface area contributed by atoms with Crippen LogP contribution in [0.25, 0.3) is 0 Å². The van der Waals surface area contributed by atoms with Gasteiger partial charge in [-0.05, 0) is 63.6 Å². The maximum Gasteiger partial charge on any atom is 0.132 e. The van der Waals surface area contributed by atoms with Gasteiger partial charge < -0.3 is 5.32 Å². The summed E-state index contributed by atoms with van der Waals surface area (Å²) in [6, 6.07) is 0. The van der Waals surface area contributed by atoms with Gasteiger partial charge in [0.05, 0.1) is 0 Å². The average Bonchev–Trinajstić information content (AvgIpc) is 3.07. The largest absolute Gasteiger partial charge is 0.319 e. The van der Waals surface area contributed by atoms with Crippen molar-refractivity contribution in [2.24, 2.45) is 11.8 Å². The van der Waals surface area contributed by atoms with Gasteiger partial charge in [-0.1, -0.05) is 6.92 Å². The lowest BCUT2D eigenvalue weighted by molar-refractivity contribution is 0.431. The second-order valence-electron chi connectivity index (χ2n) is 6.08. The van der Waals surface area contributed by atoms with Crippen LogP contribution >= 0.6 is 0 Å². The van der Waals surface area contributed by atoms with E-state index in [1.807, 2.05) is 7.05 Å². The summed E-state index contributed by atoms with van der Waals surface area (Å²) in [4.78, 5) is 9.61. The topological polar surface area (TPSA) is 37.8 Å². The highest BCUT2D eigenvalue weighted by Gasteiger charge is 2.37. The molecule has 0 radical (unpaired) electrons. The number of nitrogens with zero attached hydrogens (tertiary/aromatic N) is 2. The number of aromatic nitrogens is 2. The number of fused-ring (bicyclic) bond motifs is 1. The highest BCUT2D eigenvalue weighted by molar-refractivity contribution is 5.30. The highest BCUT2D eigenvalue weighted by atomic mass is 14.9. The molecule has 1 heterocycles. The third kappa shape index (κ3) is 2.16. The van der Waals surface area contributed by atoms with Gasteiger partial charge in [0, 0.05) is 17.3 Å². The second kappa shape index (κ2) is 4.61. The molecule has 0 bridgehead atoms. The van der Waals surface area contributed by atoms with Crippen molar-refractivity contribution < 1.29 is 0 Å². The number of aryl methyl sites for hydroxylation is 2. The van der Waals surface area contributed by atoms with Gasteiger partial charge in [0.25, 0.3) is 0 Å². The van der Waals surface area contributed by atoms with E-state index >= 15 is 0 Å². The van der Waals surface area contributed by atoms with Gasteiger partial charge in [0.1, 0.15) is 5.82 Å². The summed E-state index contributed by atoms with van der Waals surface area (Å²) in [5, 5.41) is 3.29. The first kappa shape index (κ1) is 12.1. The first-order chi connectivity index (χ1) is 8.69. The molecule has 3 unspecified atom stereocenters. The minimum atomic E-state index is 0.643. The van der Waals surface area contributed by atoms with Gasteiger partial charge in [-0.25, -0.2) is 9.97 Å². The van der Waals surface area contributed by atoms with Gasteiger partial charge in [-0.3, -0.25) is 0 Å². The maximum absolute atomic E-state index is 4.85.